The van der Waals surface area contributed by atoms with Crippen LogP contribution in [0.25, 0.3) is 0 Å². The van der Waals surface area contributed by atoms with Gasteiger partial charge in [0.1, 0.15) is 11.5 Å². The van der Waals surface area contributed by atoms with Gasteiger partial charge in [-0.2, -0.15) is 0 Å². The van der Waals surface area contributed by atoms with Crippen LogP contribution in [-0.4, -0.2) is 26.2 Å². The number of halogens is 2. The molecule has 7 heteroatoms. The summed E-state index contributed by atoms with van der Waals surface area (Å²) in [6, 6.07) is 2.79. The summed E-state index contributed by atoms with van der Waals surface area (Å²) in [5.41, 5.74) is 0.454. The van der Waals surface area contributed by atoms with Crippen molar-refractivity contribution in [1.82, 2.24) is 4.72 Å². The minimum atomic E-state index is -3.75. The molecule has 21 heavy (non-hydrogen) atoms. The van der Waals surface area contributed by atoms with Crippen molar-refractivity contribution in [2.75, 3.05) is 6.61 Å². The second-order valence-corrected chi connectivity index (χ2v) is 7.59. The molecule has 1 aromatic carbocycles. The van der Waals surface area contributed by atoms with Crippen LogP contribution in [0.1, 0.15) is 25.3 Å². The third kappa shape index (κ3) is 3.91. The molecule has 1 aliphatic carbocycles. The molecule has 2 rings (SSSR count). The average molecular weight is 348 g/mol. The number of aliphatic hydroxyl groups is 1. The average Bonchev–Trinajstić information content (AvgIpc) is 2.33. The zero-order valence-corrected chi connectivity index (χ0v) is 13.7. The zero-order chi connectivity index (χ0) is 15.6. The summed E-state index contributed by atoms with van der Waals surface area (Å²) in [6.07, 6.45) is 1.63. The lowest BCUT2D eigenvalue weighted by Crippen LogP contribution is -2.43. The lowest BCUT2D eigenvalue weighted by atomic mass is 9.83. The molecule has 1 fully saturated rings. The molecule has 0 aromatic heterocycles. The Bertz CT molecular complexity index is 678. The molecule has 0 bridgehead atoms. The highest BCUT2D eigenvalue weighted by Crippen LogP contribution is 2.33. The van der Waals surface area contributed by atoms with E-state index in [-0.39, 0.29) is 27.6 Å². The third-order valence-corrected chi connectivity index (χ3v) is 5.72. The van der Waals surface area contributed by atoms with Gasteiger partial charge in [0.15, 0.2) is 0 Å². The van der Waals surface area contributed by atoms with E-state index in [4.69, 9.17) is 28.3 Å². The van der Waals surface area contributed by atoms with E-state index < -0.39 is 10.0 Å². The molecular weight excluding hydrogens is 333 g/mol. The van der Waals surface area contributed by atoms with Crippen molar-refractivity contribution in [3.63, 3.8) is 0 Å². The second-order valence-electron chi connectivity index (χ2n) is 5.12. The quantitative estimate of drug-likeness (QED) is 0.825. The largest absolute Gasteiger partial charge is 0.384 e. The van der Waals surface area contributed by atoms with Crippen LogP contribution >= 0.6 is 23.2 Å². The molecule has 1 aromatic rings. The first kappa shape index (κ1) is 16.6. The Kier molecular flexibility index (Phi) is 5.18. The summed E-state index contributed by atoms with van der Waals surface area (Å²) in [4.78, 5) is -0.125. The number of benzene rings is 1. The van der Waals surface area contributed by atoms with E-state index >= 15 is 0 Å². The fraction of sp³-hybridized carbons (Fsp3) is 0.429. The van der Waals surface area contributed by atoms with Crippen LogP contribution < -0.4 is 4.72 Å². The van der Waals surface area contributed by atoms with Crippen molar-refractivity contribution in [3.05, 3.63) is 27.7 Å². The molecule has 0 amide bonds. The van der Waals surface area contributed by atoms with Crippen molar-refractivity contribution >= 4 is 33.2 Å². The SMILES string of the molecule is CC1CC(NS(=O)(=O)c2c(Cl)cc(C#CCO)cc2Cl)C1. The van der Waals surface area contributed by atoms with Crippen LogP contribution in [0.3, 0.4) is 0 Å². The molecule has 0 aliphatic heterocycles. The Morgan fingerprint density at radius 2 is 1.90 bits per heavy atom. The smallest absolute Gasteiger partial charge is 0.243 e. The van der Waals surface area contributed by atoms with Crippen LogP contribution in [0.5, 0.6) is 0 Å². The van der Waals surface area contributed by atoms with Gasteiger partial charge in [-0.05, 0) is 30.9 Å². The van der Waals surface area contributed by atoms with Gasteiger partial charge in [0.2, 0.25) is 10.0 Å². The molecule has 4 nitrogen and oxygen atoms in total. The highest BCUT2D eigenvalue weighted by molar-refractivity contribution is 7.89. The molecule has 0 saturated heterocycles. The molecule has 0 radical (unpaired) electrons. The third-order valence-electron chi connectivity index (χ3n) is 3.27. The lowest BCUT2D eigenvalue weighted by molar-refractivity contribution is 0.270. The fourth-order valence-corrected chi connectivity index (χ4v) is 4.78. The number of hydrogen-bond donors (Lipinski definition) is 2. The normalized spacial score (nSPS) is 21.3. The number of nitrogens with one attached hydrogen (secondary N) is 1. The van der Waals surface area contributed by atoms with E-state index in [2.05, 4.69) is 23.5 Å². The minimum Gasteiger partial charge on any atom is -0.384 e. The van der Waals surface area contributed by atoms with E-state index in [0.717, 1.165) is 12.8 Å². The van der Waals surface area contributed by atoms with Crippen molar-refractivity contribution in [3.8, 4) is 11.8 Å². The zero-order valence-electron chi connectivity index (χ0n) is 11.4. The molecule has 0 unspecified atom stereocenters. The number of hydrogen-bond acceptors (Lipinski definition) is 3. The predicted octanol–water partition coefficient (Wildman–Crippen LogP) is 2.41. The molecule has 2 N–H and O–H groups in total. The van der Waals surface area contributed by atoms with E-state index in [0.29, 0.717) is 11.5 Å². The van der Waals surface area contributed by atoms with Crippen LogP contribution in [0.15, 0.2) is 17.0 Å². The van der Waals surface area contributed by atoms with Crippen LogP contribution in [0.4, 0.5) is 0 Å². The predicted molar refractivity (Wildman–Crippen MR) is 82.9 cm³/mol. The van der Waals surface area contributed by atoms with Crippen molar-refractivity contribution < 1.29 is 13.5 Å². The molecule has 1 saturated carbocycles. The Balaban J connectivity index is 2.30. The number of rotatable bonds is 3. The van der Waals surface area contributed by atoms with E-state index in [9.17, 15) is 8.42 Å². The van der Waals surface area contributed by atoms with Gasteiger partial charge in [0.25, 0.3) is 0 Å². The van der Waals surface area contributed by atoms with E-state index in [1.807, 2.05) is 0 Å². The lowest BCUT2D eigenvalue weighted by Gasteiger charge is -2.33. The molecule has 0 atom stereocenters. The van der Waals surface area contributed by atoms with Gasteiger partial charge < -0.3 is 5.11 Å². The van der Waals surface area contributed by atoms with Gasteiger partial charge in [0.05, 0.1) is 10.0 Å². The summed E-state index contributed by atoms with van der Waals surface area (Å²) in [7, 11) is -3.75. The summed E-state index contributed by atoms with van der Waals surface area (Å²) in [6.45, 7) is 1.77. The first-order valence-corrected chi connectivity index (χ1v) is 8.68. The Morgan fingerprint density at radius 1 is 1.33 bits per heavy atom. The van der Waals surface area contributed by atoms with Crippen molar-refractivity contribution in [2.45, 2.75) is 30.7 Å². The minimum absolute atomic E-state index is 0.0182. The molecular formula is C14H15Cl2NO3S. The van der Waals surface area contributed by atoms with Gasteiger partial charge in [-0.1, -0.05) is 42.0 Å². The maximum Gasteiger partial charge on any atom is 0.243 e. The van der Waals surface area contributed by atoms with Crippen LogP contribution in [-0.2, 0) is 10.0 Å². The van der Waals surface area contributed by atoms with Gasteiger partial charge in [-0.15, -0.1) is 0 Å². The summed E-state index contributed by atoms with van der Waals surface area (Å²) >= 11 is 12.1. The summed E-state index contributed by atoms with van der Waals surface area (Å²) < 4.78 is 27.3. The Hall–Kier alpha value is -0.770. The van der Waals surface area contributed by atoms with Crippen LogP contribution in [0, 0.1) is 17.8 Å². The number of aliphatic hydroxyl groups excluding tert-OH is 1. The molecule has 114 valence electrons. The molecule has 0 spiro atoms. The Labute approximate surface area is 134 Å². The van der Waals surface area contributed by atoms with Crippen molar-refractivity contribution in [2.24, 2.45) is 5.92 Å². The first-order chi connectivity index (χ1) is 9.83. The van der Waals surface area contributed by atoms with Crippen LogP contribution in [0.2, 0.25) is 10.0 Å². The van der Waals surface area contributed by atoms with Gasteiger partial charge >= 0.3 is 0 Å². The Morgan fingerprint density at radius 3 is 2.38 bits per heavy atom. The maximum atomic E-state index is 12.4. The molecule has 1 aliphatic rings. The maximum absolute atomic E-state index is 12.4. The number of sulfonamides is 1. The van der Waals surface area contributed by atoms with Gasteiger partial charge in [0, 0.05) is 11.6 Å². The molecule has 0 heterocycles. The van der Waals surface area contributed by atoms with E-state index in [1.54, 1.807) is 0 Å². The standard InChI is InChI=1S/C14H15Cl2NO3S/c1-9-5-11(6-9)17-21(19,20)14-12(15)7-10(3-2-4-18)8-13(14)16/h7-9,11,17-18H,4-6H2,1H3. The van der Waals surface area contributed by atoms with Gasteiger partial charge in [-0.3, -0.25) is 0 Å². The second kappa shape index (κ2) is 6.55. The highest BCUT2D eigenvalue weighted by atomic mass is 35.5. The summed E-state index contributed by atoms with van der Waals surface area (Å²) in [5, 5.41) is 8.69. The highest BCUT2D eigenvalue weighted by Gasteiger charge is 2.31. The van der Waals surface area contributed by atoms with Gasteiger partial charge in [-0.25, -0.2) is 13.1 Å². The fourth-order valence-electron chi connectivity index (χ4n) is 2.31. The van der Waals surface area contributed by atoms with Crippen molar-refractivity contribution in [1.29, 1.82) is 0 Å². The summed E-state index contributed by atoms with van der Waals surface area (Å²) in [5.74, 6) is 5.62. The topological polar surface area (TPSA) is 66.4 Å². The monoisotopic (exact) mass is 347 g/mol. The first-order valence-electron chi connectivity index (χ1n) is 6.44. The van der Waals surface area contributed by atoms with E-state index in [1.165, 1.54) is 12.1 Å².